The number of fused-ring (bicyclic) bond motifs is 1. The van der Waals surface area contributed by atoms with E-state index in [0.717, 1.165) is 6.26 Å². The number of nitrogens with zero attached hydrogens (tertiary/aromatic N) is 4. The molecule has 3 rings (SSSR count). The number of halogens is 1. The maximum absolute atomic E-state index is 14.0. The molecule has 9 heteroatoms. The van der Waals surface area contributed by atoms with Crippen molar-refractivity contribution in [2.24, 2.45) is 4.99 Å². The zero-order chi connectivity index (χ0) is 20.0. The van der Waals surface area contributed by atoms with Crippen LogP contribution in [0, 0.1) is 24.1 Å². The monoisotopic (exact) mass is 388 g/mol. The number of nitriles is 1. The average molecular weight is 388 g/mol. The second-order valence-electron chi connectivity index (χ2n) is 6.47. The van der Waals surface area contributed by atoms with E-state index in [1.807, 2.05) is 6.07 Å². The van der Waals surface area contributed by atoms with Crippen LogP contribution in [0.3, 0.4) is 0 Å². The summed E-state index contributed by atoms with van der Waals surface area (Å²) in [7, 11) is -3.76. The number of aromatic nitrogens is 1. The van der Waals surface area contributed by atoms with Gasteiger partial charge in [0.15, 0.2) is 20.6 Å². The first-order chi connectivity index (χ1) is 12.6. The molecule has 1 aromatic carbocycles. The summed E-state index contributed by atoms with van der Waals surface area (Å²) >= 11 is 0. The zero-order valence-corrected chi connectivity index (χ0v) is 15.7. The van der Waals surface area contributed by atoms with Gasteiger partial charge in [0.2, 0.25) is 0 Å². The third-order valence-corrected chi connectivity index (χ3v) is 5.44. The predicted molar refractivity (Wildman–Crippen MR) is 96.5 cm³/mol. The summed E-state index contributed by atoms with van der Waals surface area (Å²) in [5, 5.41) is 20.2. The van der Waals surface area contributed by atoms with E-state index in [0.29, 0.717) is 5.56 Å². The van der Waals surface area contributed by atoms with Crippen LogP contribution < -0.4 is 0 Å². The first kappa shape index (κ1) is 18.9. The Morgan fingerprint density at radius 2 is 2.04 bits per heavy atom. The van der Waals surface area contributed by atoms with Gasteiger partial charge in [-0.05, 0) is 19.9 Å². The van der Waals surface area contributed by atoms with Crippen molar-refractivity contribution in [2.75, 3.05) is 6.26 Å². The Hall–Kier alpha value is -2.83. The lowest BCUT2D eigenvalue weighted by molar-refractivity contribution is -0.0635. The van der Waals surface area contributed by atoms with Crippen LogP contribution in [0.1, 0.15) is 29.3 Å². The molecule has 1 aliphatic heterocycles. The fraction of sp³-hybridized carbons (Fsp3) is 0.278. The van der Waals surface area contributed by atoms with Crippen molar-refractivity contribution in [3.05, 3.63) is 52.5 Å². The molecule has 27 heavy (non-hydrogen) atoms. The molecule has 140 valence electrons. The van der Waals surface area contributed by atoms with Crippen molar-refractivity contribution in [3.8, 4) is 6.07 Å². The molecule has 1 atom stereocenters. The number of pyridine rings is 1. The van der Waals surface area contributed by atoms with Crippen molar-refractivity contribution < 1.29 is 17.9 Å². The van der Waals surface area contributed by atoms with Crippen LogP contribution in [-0.2, 0) is 22.1 Å². The smallest absolute Gasteiger partial charge is 0.194 e. The minimum absolute atomic E-state index is 0.0256. The Labute approximate surface area is 156 Å². The van der Waals surface area contributed by atoms with Crippen LogP contribution in [0.4, 0.5) is 10.1 Å². The quantitative estimate of drug-likeness (QED) is 0.863. The van der Waals surface area contributed by atoms with Gasteiger partial charge in [-0.2, -0.15) is 5.26 Å². The Morgan fingerprint density at radius 1 is 1.37 bits per heavy atom. The largest absolute Gasteiger partial charge is 0.367 e. The van der Waals surface area contributed by atoms with E-state index in [-0.39, 0.29) is 34.1 Å². The predicted octanol–water partition coefficient (Wildman–Crippen LogP) is 2.14. The highest BCUT2D eigenvalue weighted by atomic mass is 32.2. The van der Waals surface area contributed by atoms with Gasteiger partial charge in [0.25, 0.3) is 0 Å². The Kier molecular flexibility index (Phi) is 4.49. The first-order valence-corrected chi connectivity index (χ1v) is 9.88. The molecule has 1 unspecified atom stereocenters. The molecule has 1 N–H and O–H groups in total. The summed E-state index contributed by atoms with van der Waals surface area (Å²) in [5.74, 6) is -0.424. The van der Waals surface area contributed by atoms with E-state index in [4.69, 9.17) is 0 Å². The number of aryl methyl sites for hydroxylation is 1. The molecular formula is C18H17FN4O3S. The molecule has 0 spiro atoms. The summed E-state index contributed by atoms with van der Waals surface area (Å²) in [4.78, 5) is 9.64. The summed E-state index contributed by atoms with van der Waals surface area (Å²) in [6.07, 6.45) is 2.23. The van der Waals surface area contributed by atoms with Gasteiger partial charge in [0, 0.05) is 24.1 Å². The van der Waals surface area contributed by atoms with E-state index in [9.17, 15) is 23.2 Å². The van der Waals surface area contributed by atoms with E-state index in [2.05, 4.69) is 9.98 Å². The minimum Gasteiger partial charge on any atom is -0.367 e. The topological polar surface area (TPSA) is 107 Å². The van der Waals surface area contributed by atoms with E-state index in [1.165, 1.54) is 31.2 Å². The maximum atomic E-state index is 14.0. The molecule has 0 fully saturated rings. The standard InChI is InChI=1S/C18H17FN4O3S/c1-11-15-16(13(8-20)17(22-11)27(3,25)26)21-10-23(18(15,2)24)9-12-6-4-5-7-14(12)19/h4-7,10,24H,9H2,1-3H3. The van der Waals surface area contributed by atoms with Crippen LogP contribution in [0.15, 0.2) is 34.3 Å². The SMILES string of the molecule is Cc1nc(S(C)(=O)=O)c(C#N)c2c1C(C)(O)N(Cc1ccccc1F)C=N2. The summed E-state index contributed by atoms with van der Waals surface area (Å²) in [5.41, 5.74) is -1.04. The minimum atomic E-state index is -3.76. The van der Waals surface area contributed by atoms with Gasteiger partial charge in [0.1, 0.15) is 17.4 Å². The Balaban J connectivity index is 2.17. The number of aliphatic hydroxyl groups is 1. The highest BCUT2D eigenvalue weighted by Crippen LogP contribution is 2.42. The van der Waals surface area contributed by atoms with Gasteiger partial charge in [-0.25, -0.2) is 22.8 Å². The molecule has 0 radical (unpaired) electrons. The molecule has 0 saturated carbocycles. The zero-order valence-electron chi connectivity index (χ0n) is 14.9. The molecule has 0 bridgehead atoms. The lowest BCUT2D eigenvalue weighted by Gasteiger charge is -2.40. The molecular weight excluding hydrogens is 371 g/mol. The van der Waals surface area contributed by atoms with Crippen molar-refractivity contribution in [3.63, 3.8) is 0 Å². The van der Waals surface area contributed by atoms with Gasteiger partial charge in [-0.1, -0.05) is 18.2 Å². The Morgan fingerprint density at radius 3 is 2.63 bits per heavy atom. The number of hydrogen-bond donors (Lipinski definition) is 1. The van der Waals surface area contributed by atoms with E-state index >= 15 is 0 Å². The van der Waals surface area contributed by atoms with Crippen LogP contribution >= 0.6 is 0 Å². The molecule has 1 aromatic heterocycles. The van der Waals surface area contributed by atoms with E-state index < -0.39 is 21.4 Å². The summed E-state index contributed by atoms with van der Waals surface area (Å²) in [6, 6.07) is 7.98. The van der Waals surface area contributed by atoms with Crippen molar-refractivity contribution in [1.29, 1.82) is 5.26 Å². The van der Waals surface area contributed by atoms with Crippen LogP contribution in [0.25, 0.3) is 0 Å². The lowest BCUT2D eigenvalue weighted by atomic mass is 9.95. The number of hydrogen-bond acceptors (Lipinski definition) is 7. The third kappa shape index (κ3) is 3.18. The molecule has 2 aromatic rings. The number of rotatable bonds is 3. The summed E-state index contributed by atoms with van der Waals surface area (Å²) < 4.78 is 37.9. The van der Waals surface area contributed by atoms with Crippen LogP contribution in [0.2, 0.25) is 0 Å². The van der Waals surface area contributed by atoms with Crippen LogP contribution in [-0.4, -0.2) is 36.0 Å². The average Bonchev–Trinajstić information content (AvgIpc) is 2.57. The van der Waals surface area contributed by atoms with Gasteiger partial charge in [-0.15, -0.1) is 0 Å². The van der Waals surface area contributed by atoms with Gasteiger partial charge < -0.3 is 10.0 Å². The molecule has 0 aliphatic carbocycles. The molecule has 2 heterocycles. The third-order valence-electron chi connectivity index (χ3n) is 4.44. The maximum Gasteiger partial charge on any atom is 0.194 e. The fourth-order valence-electron chi connectivity index (χ4n) is 3.12. The molecule has 7 nitrogen and oxygen atoms in total. The van der Waals surface area contributed by atoms with Gasteiger partial charge in [-0.3, -0.25) is 0 Å². The molecule has 0 amide bonds. The molecule has 1 aliphatic rings. The van der Waals surface area contributed by atoms with Crippen molar-refractivity contribution >= 4 is 21.9 Å². The number of aliphatic imine (C=N–C) groups is 1. The first-order valence-electron chi connectivity index (χ1n) is 7.99. The second kappa shape index (κ2) is 6.40. The van der Waals surface area contributed by atoms with Crippen molar-refractivity contribution in [2.45, 2.75) is 31.1 Å². The second-order valence-corrected chi connectivity index (χ2v) is 8.40. The van der Waals surface area contributed by atoms with Gasteiger partial charge in [0.05, 0.1) is 17.6 Å². The molecule has 0 saturated heterocycles. The van der Waals surface area contributed by atoms with Crippen molar-refractivity contribution in [1.82, 2.24) is 9.88 Å². The van der Waals surface area contributed by atoms with E-state index in [1.54, 1.807) is 18.2 Å². The lowest BCUT2D eigenvalue weighted by Crippen LogP contribution is -2.45. The normalized spacial score (nSPS) is 18.9. The number of benzene rings is 1. The number of sulfone groups is 1. The van der Waals surface area contributed by atoms with Gasteiger partial charge >= 0.3 is 0 Å². The summed E-state index contributed by atoms with van der Waals surface area (Å²) in [6.45, 7) is 3.02. The highest BCUT2D eigenvalue weighted by molar-refractivity contribution is 7.90. The Bertz CT molecular complexity index is 1100. The highest BCUT2D eigenvalue weighted by Gasteiger charge is 2.40. The van der Waals surface area contributed by atoms with Crippen LogP contribution in [0.5, 0.6) is 0 Å². The fourth-order valence-corrected chi connectivity index (χ4v) is 3.93.